The Hall–Kier alpha value is -2.36. The van der Waals surface area contributed by atoms with Crippen LogP contribution in [0.1, 0.15) is 168 Å². The van der Waals surface area contributed by atoms with Crippen LogP contribution >= 0.6 is 7.82 Å². The summed E-state index contributed by atoms with van der Waals surface area (Å²) in [5.74, 6) is -0.403. The molecule has 58 heavy (non-hydrogen) atoms. The molecule has 3 atom stereocenters. The van der Waals surface area contributed by atoms with Crippen molar-refractivity contribution in [3.63, 3.8) is 0 Å². The molecule has 0 fully saturated rings. The lowest BCUT2D eigenvalue weighted by atomic mass is 10.1. The van der Waals surface area contributed by atoms with E-state index < -0.39 is 45.8 Å². The number of aliphatic hydroxyl groups is 2. The van der Waals surface area contributed by atoms with E-state index in [2.05, 4.69) is 98.9 Å². The van der Waals surface area contributed by atoms with Gasteiger partial charge in [0.15, 0.2) is 0 Å². The summed E-state index contributed by atoms with van der Waals surface area (Å²) < 4.78 is 33.4. The molecule has 0 aromatic rings. The molecule has 0 aliphatic rings. The maximum absolute atomic E-state index is 12.6. The van der Waals surface area contributed by atoms with Gasteiger partial charge in [-0.2, -0.15) is 0 Å². The smallest absolute Gasteiger partial charge is 0.457 e. The first-order valence-electron chi connectivity index (χ1n) is 22.6. The highest BCUT2D eigenvalue weighted by Gasteiger charge is 2.26. The van der Waals surface area contributed by atoms with Crippen LogP contribution in [-0.4, -0.2) is 66.3 Å². The largest absolute Gasteiger partial charge is 0.472 e. The van der Waals surface area contributed by atoms with Gasteiger partial charge >= 0.3 is 13.8 Å². The van der Waals surface area contributed by atoms with Crippen molar-refractivity contribution >= 4 is 13.8 Å². The Balaban J connectivity index is 4.24. The maximum atomic E-state index is 12.6. The van der Waals surface area contributed by atoms with Crippen LogP contribution in [0.5, 0.6) is 0 Å². The molecule has 0 aromatic heterocycles. The first-order chi connectivity index (χ1) is 28.3. The third-order valence-corrected chi connectivity index (χ3v) is 10.0. The van der Waals surface area contributed by atoms with Gasteiger partial charge in [0, 0.05) is 13.0 Å². The number of carbonyl (C=O) groups is 1. The molecular weight excluding hydrogens is 751 g/mol. The fraction of sp³-hybridized carbons (Fsp3) is 0.688. The SMILES string of the molecule is CC/C=C\C/C=C\C/C=C\C/C=C\C/C=C\CCCCCCOCC(COP(=O)(O)OCC(O)CO)OC(=O)CCCCCCCCC/C=C\C/C=C\CCCCC. The van der Waals surface area contributed by atoms with Crippen molar-refractivity contribution in [2.45, 2.75) is 180 Å². The number of phosphoric ester groups is 1. The van der Waals surface area contributed by atoms with Crippen LogP contribution in [0.15, 0.2) is 85.1 Å². The van der Waals surface area contributed by atoms with Crippen LogP contribution in [-0.2, 0) is 27.9 Å². The van der Waals surface area contributed by atoms with E-state index in [1.807, 2.05) is 0 Å². The topological polar surface area (TPSA) is 132 Å². The number of ether oxygens (including phenoxy) is 2. The predicted molar refractivity (Wildman–Crippen MR) is 242 cm³/mol. The second-order valence-electron chi connectivity index (χ2n) is 14.7. The number of rotatable bonds is 42. The normalized spacial score (nSPS) is 14.8. The molecule has 9 nitrogen and oxygen atoms in total. The Morgan fingerprint density at radius 2 is 0.983 bits per heavy atom. The van der Waals surface area contributed by atoms with E-state index in [4.69, 9.17) is 23.6 Å². The van der Waals surface area contributed by atoms with Crippen molar-refractivity contribution in [3.8, 4) is 0 Å². The Bertz CT molecular complexity index is 1170. The lowest BCUT2D eigenvalue weighted by Gasteiger charge is -2.20. The van der Waals surface area contributed by atoms with Gasteiger partial charge in [0.25, 0.3) is 0 Å². The van der Waals surface area contributed by atoms with Gasteiger partial charge in [0.1, 0.15) is 12.2 Å². The highest BCUT2D eigenvalue weighted by atomic mass is 31.2. The maximum Gasteiger partial charge on any atom is 0.472 e. The molecular formula is C48H83O9P. The molecule has 0 heterocycles. The summed E-state index contributed by atoms with van der Waals surface area (Å²) >= 11 is 0. The summed E-state index contributed by atoms with van der Waals surface area (Å²) in [5, 5.41) is 18.4. The van der Waals surface area contributed by atoms with Gasteiger partial charge in [0.05, 0.1) is 26.4 Å². The molecule has 3 N–H and O–H groups in total. The fourth-order valence-corrected chi connectivity index (χ4v) is 6.44. The zero-order valence-corrected chi connectivity index (χ0v) is 37.4. The lowest BCUT2D eigenvalue weighted by Crippen LogP contribution is -2.29. The molecule has 10 heteroatoms. The van der Waals surface area contributed by atoms with Crippen LogP contribution in [0.2, 0.25) is 0 Å². The number of aliphatic hydroxyl groups excluding tert-OH is 2. The van der Waals surface area contributed by atoms with E-state index in [0.29, 0.717) is 13.0 Å². The quantitative estimate of drug-likeness (QED) is 0.0238. The summed E-state index contributed by atoms with van der Waals surface area (Å²) in [7, 11) is -4.53. The van der Waals surface area contributed by atoms with Crippen molar-refractivity contribution in [2.75, 3.05) is 33.0 Å². The van der Waals surface area contributed by atoms with E-state index in [9.17, 15) is 19.4 Å². The first kappa shape index (κ1) is 55.6. The molecule has 0 bridgehead atoms. The van der Waals surface area contributed by atoms with E-state index in [1.54, 1.807) is 0 Å². The minimum absolute atomic E-state index is 0.0238. The van der Waals surface area contributed by atoms with Crippen molar-refractivity contribution in [2.24, 2.45) is 0 Å². The minimum Gasteiger partial charge on any atom is -0.457 e. The molecule has 0 saturated carbocycles. The Kier molecular flexibility index (Phi) is 42.4. The number of esters is 1. The van der Waals surface area contributed by atoms with Gasteiger partial charge in [-0.25, -0.2) is 4.57 Å². The van der Waals surface area contributed by atoms with Gasteiger partial charge in [0.2, 0.25) is 0 Å². The van der Waals surface area contributed by atoms with E-state index in [0.717, 1.165) is 96.3 Å². The van der Waals surface area contributed by atoms with Crippen molar-refractivity contribution < 1.29 is 43.0 Å². The highest BCUT2D eigenvalue weighted by molar-refractivity contribution is 7.47. The summed E-state index contributed by atoms with van der Waals surface area (Å²) in [5.41, 5.74) is 0. The first-order valence-corrected chi connectivity index (χ1v) is 24.1. The van der Waals surface area contributed by atoms with Gasteiger partial charge < -0.3 is 24.6 Å². The second-order valence-corrected chi connectivity index (χ2v) is 16.1. The van der Waals surface area contributed by atoms with Gasteiger partial charge in [-0.05, 0) is 89.9 Å². The average Bonchev–Trinajstić information content (AvgIpc) is 3.21. The average molecular weight is 835 g/mol. The molecule has 334 valence electrons. The molecule has 0 amide bonds. The van der Waals surface area contributed by atoms with Crippen molar-refractivity contribution in [3.05, 3.63) is 85.1 Å². The van der Waals surface area contributed by atoms with Crippen LogP contribution in [0.25, 0.3) is 0 Å². The van der Waals surface area contributed by atoms with E-state index in [-0.39, 0.29) is 13.0 Å². The number of hydrogen-bond donors (Lipinski definition) is 3. The number of hydrogen-bond acceptors (Lipinski definition) is 8. The lowest BCUT2D eigenvalue weighted by molar-refractivity contribution is -0.154. The van der Waals surface area contributed by atoms with Crippen molar-refractivity contribution in [1.82, 2.24) is 0 Å². The van der Waals surface area contributed by atoms with Crippen LogP contribution in [0.3, 0.4) is 0 Å². The molecule has 3 unspecified atom stereocenters. The summed E-state index contributed by atoms with van der Waals surface area (Å²) in [6.45, 7) is 3.29. The van der Waals surface area contributed by atoms with Gasteiger partial charge in [-0.3, -0.25) is 13.8 Å². The van der Waals surface area contributed by atoms with Crippen LogP contribution in [0.4, 0.5) is 0 Å². The summed E-state index contributed by atoms with van der Waals surface area (Å²) in [6.07, 6.45) is 53.9. The highest BCUT2D eigenvalue weighted by Crippen LogP contribution is 2.43. The third-order valence-electron chi connectivity index (χ3n) is 9.06. The Labute approximate surface area is 354 Å². The number of carbonyl (C=O) groups excluding carboxylic acids is 1. The zero-order valence-electron chi connectivity index (χ0n) is 36.5. The third kappa shape index (κ3) is 43.2. The molecule has 0 rings (SSSR count). The van der Waals surface area contributed by atoms with E-state index >= 15 is 0 Å². The number of unbranched alkanes of at least 4 members (excludes halogenated alkanes) is 14. The predicted octanol–water partition coefficient (Wildman–Crippen LogP) is 12.7. The zero-order chi connectivity index (χ0) is 42.5. The molecule has 0 aliphatic carbocycles. The van der Waals surface area contributed by atoms with E-state index in [1.165, 1.54) is 44.9 Å². The Morgan fingerprint density at radius 1 is 0.552 bits per heavy atom. The van der Waals surface area contributed by atoms with Crippen LogP contribution < -0.4 is 0 Å². The fourth-order valence-electron chi connectivity index (χ4n) is 5.65. The monoisotopic (exact) mass is 835 g/mol. The standard InChI is InChI=1S/C48H83O9P/c1-3-5-7-9-11-13-15-17-19-21-22-23-25-27-29-31-33-35-37-39-41-54-44-47(45-56-58(52,53)55-43-46(50)42-49)57-48(51)40-38-36-34-32-30-28-26-24-20-18-16-14-12-10-8-6-4-2/h5,7,11-14,17-20,22-23,27,29,46-47,49-50H,3-4,6,8-10,15-16,21,24-26,28,30-45H2,1-2H3,(H,52,53)/b7-5-,13-11-,14-12-,19-17-,20-18-,23-22-,29-27-. The van der Waals surface area contributed by atoms with Crippen LogP contribution in [0, 0.1) is 0 Å². The second kappa shape index (κ2) is 44.2. The minimum atomic E-state index is -4.53. The number of phosphoric acid groups is 1. The van der Waals surface area contributed by atoms with Crippen molar-refractivity contribution in [1.29, 1.82) is 0 Å². The molecule has 0 spiro atoms. The molecule has 0 radical (unpaired) electrons. The summed E-state index contributed by atoms with van der Waals surface area (Å²) in [6, 6.07) is 0. The van der Waals surface area contributed by atoms with Gasteiger partial charge in [-0.1, -0.05) is 157 Å². The molecule has 0 saturated heterocycles. The summed E-state index contributed by atoms with van der Waals surface area (Å²) in [4.78, 5) is 22.6. The van der Waals surface area contributed by atoms with Gasteiger partial charge in [-0.15, -0.1) is 0 Å². The molecule has 0 aliphatic heterocycles. The molecule has 0 aromatic carbocycles. The Morgan fingerprint density at radius 3 is 1.48 bits per heavy atom. The number of allylic oxidation sites excluding steroid dienone is 14.